The first-order valence-corrected chi connectivity index (χ1v) is 3.69. The third kappa shape index (κ3) is 2.59. The van der Waals surface area contributed by atoms with E-state index in [0.29, 0.717) is 5.69 Å². The molecule has 0 unspecified atom stereocenters. The Morgan fingerprint density at radius 1 is 1.69 bits per heavy atom. The fourth-order valence-electron chi connectivity index (χ4n) is 0.795. The van der Waals surface area contributed by atoms with Crippen LogP contribution in [0.3, 0.4) is 0 Å². The van der Waals surface area contributed by atoms with Crippen LogP contribution < -0.4 is 5.73 Å². The number of rotatable bonds is 2. The second kappa shape index (κ2) is 4.25. The van der Waals surface area contributed by atoms with Crippen molar-refractivity contribution >= 4 is 17.7 Å². The highest BCUT2D eigenvalue weighted by molar-refractivity contribution is 5.87. The Bertz CT molecular complexity index is 334. The van der Waals surface area contributed by atoms with E-state index < -0.39 is 5.97 Å². The van der Waals surface area contributed by atoms with Crippen molar-refractivity contribution in [3.05, 3.63) is 30.1 Å². The first kappa shape index (κ1) is 9.25. The van der Waals surface area contributed by atoms with Crippen molar-refractivity contribution in [1.29, 1.82) is 0 Å². The van der Waals surface area contributed by atoms with Gasteiger partial charge < -0.3 is 10.5 Å². The van der Waals surface area contributed by atoms with E-state index >= 15 is 0 Å². The maximum atomic E-state index is 10.7. The van der Waals surface area contributed by atoms with Crippen LogP contribution in [0.15, 0.2) is 24.5 Å². The van der Waals surface area contributed by atoms with Crippen molar-refractivity contribution < 1.29 is 9.53 Å². The van der Waals surface area contributed by atoms with Crippen molar-refractivity contribution in [3.8, 4) is 0 Å². The van der Waals surface area contributed by atoms with Gasteiger partial charge in [-0.25, -0.2) is 4.79 Å². The summed E-state index contributed by atoms with van der Waals surface area (Å²) in [5.74, 6) is -0.406. The zero-order valence-corrected chi connectivity index (χ0v) is 7.23. The van der Waals surface area contributed by atoms with Crippen LogP contribution in [0, 0.1) is 0 Å². The molecule has 0 saturated carbocycles. The Morgan fingerprint density at radius 2 is 2.46 bits per heavy atom. The minimum absolute atomic E-state index is 0.406. The molecule has 4 heteroatoms. The van der Waals surface area contributed by atoms with Gasteiger partial charge in [0.2, 0.25) is 0 Å². The number of aromatic nitrogens is 1. The minimum Gasteiger partial charge on any atom is -0.466 e. The molecule has 0 amide bonds. The number of methoxy groups -OCH3 is 1. The van der Waals surface area contributed by atoms with Crippen LogP contribution in [0.5, 0.6) is 0 Å². The lowest BCUT2D eigenvalue weighted by molar-refractivity contribution is -0.134. The molecule has 0 aliphatic rings. The molecule has 0 aliphatic carbocycles. The molecule has 68 valence electrons. The third-order valence-corrected chi connectivity index (χ3v) is 1.49. The van der Waals surface area contributed by atoms with Gasteiger partial charge in [-0.05, 0) is 12.1 Å². The van der Waals surface area contributed by atoms with E-state index in [2.05, 4.69) is 9.72 Å². The summed E-state index contributed by atoms with van der Waals surface area (Å²) in [5, 5.41) is 0. The fourth-order valence-corrected chi connectivity index (χ4v) is 0.795. The van der Waals surface area contributed by atoms with E-state index in [9.17, 15) is 4.79 Å². The molecule has 2 N–H and O–H groups in total. The number of esters is 1. The number of hydrogen-bond donors (Lipinski definition) is 1. The first-order chi connectivity index (χ1) is 6.24. The van der Waals surface area contributed by atoms with Gasteiger partial charge in [0.25, 0.3) is 0 Å². The zero-order valence-electron chi connectivity index (χ0n) is 7.23. The van der Waals surface area contributed by atoms with Gasteiger partial charge in [0.05, 0.1) is 19.0 Å². The van der Waals surface area contributed by atoms with Crippen LogP contribution in [0.1, 0.15) is 5.56 Å². The molecule has 1 rings (SSSR count). The summed E-state index contributed by atoms with van der Waals surface area (Å²) in [4.78, 5) is 14.5. The van der Waals surface area contributed by atoms with E-state index in [-0.39, 0.29) is 0 Å². The summed E-state index contributed by atoms with van der Waals surface area (Å²) < 4.78 is 4.43. The normalized spacial score (nSPS) is 10.2. The maximum Gasteiger partial charge on any atom is 0.330 e. The lowest BCUT2D eigenvalue weighted by Gasteiger charge is -1.96. The Hall–Kier alpha value is -1.84. The lowest BCUT2D eigenvalue weighted by atomic mass is 10.2. The molecule has 1 aromatic rings. The van der Waals surface area contributed by atoms with Gasteiger partial charge in [-0.1, -0.05) is 0 Å². The summed E-state index contributed by atoms with van der Waals surface area (Å²) >= 11 is 0. The van der Waals surface area contributed by atoms with Gasteiger partial charge in [0, 0.05) is 17.8 Å². The number of pyridine rings is 1. The summed E-state index contributed by atoms with van der Waals surface area (Å²) in [6.45, 7) is 0. The number of ether oxygens (including phenoxy) is 1. The third-order valence-electron chi connectivity index (χ3n) is 1.49. The summed E-state index contributed by atoms with van der Waals surface area (Å²) in [5.41, 5.74) is 6.86. The molecule has 0 fully saturated rings. The molecular weight excluding hydrogens is 168 g/mol. The molecule has 1 heterocycles. The molecule has 0 spiro atoms. The molecule has 0 radical (unpaired) electrons. The molecule has 4 nitrogen and oxygen atoms in total. The number of anilines is 1. The van der Waals surface area contributed by atoms with Crippen LogP contribution in [0.2, 0.25) is 0 Å². The average Bonchev–Trinajstić information content (AvgIpc) is 2.16. The van der Waals surface area contributed by atoms with Gasteiger partial charge in [0.15, 0.2) is 0 Å². The quantitative estimate of drug-likeness (QED) is 0.538. The van der Waals surface area contributed by atoms with E-state index in [1.165, 1.54) is 19.4 Å². The number of carbonyl (C=O) groups excluding carboxylic acids is 1. The van der Waals surface area contributed by atoms with Crippen molar-refractivity contribution in [2.75, 3.05) is 12.8 Å². The first-order valence-electron chi connectivity index (χ1n) is 3.69. The lowest BCUT2D eigenvalue weighted by Crippen LogP contribution is -1.94. The van der Waals surface area contributed by atoms with E-state index in [1.807, 2.05) is 0 Å². The predicted molar refractivity (Wildman–Crippen MR) is 49.7 cm³/mol. The second-order valence-electron chi connectivity index (χ2n) is 2.36. The summed E-state index contributed by atoms with van der Waals surface area (Å²) in [6.07, 6.45) is 6.03. The SMILES string of the molecule is COC(=O)/C=C/c1ccncc1N. The van der Waals surface area contributed by atoms with Gasteiger partial charge in [-0.3, -0.25) is 4.98 Å². The van der Waals surface area contributed by atoms with Crippen LogP contribution in [0.25, 0.3) is 6.08 Å². The van der Waals surface area contributed by atoms with Gasteiger partial charge in [-0.2, -0.15) is 0 Å². The van der Waals surface area contributed by atoms with E-state index in [1.54, 1.807) is 18.3 Å². The van der Waals surface area contributed by atoms with Crippen molar-refractivity contribution in [3.63, 3.8) is 0 Å². The molecule has 0 saturated heterocycles. The molecule has 13 heavy (non-hydrogen) atoms. The standard InChI is InChI=1S/C9H10N2O2/c1-13-9(12)3-2-7-4-5-11-6-8(7)10/h2-6H,10H2,1H3/b3-2+. The number of nitrogens with two attached hydrogens (primary N) is 1. The van der Waals surface area contributed by atoms with Crippen LogP contribution in [0.4, 0.5) is 5.69 Å². The molecule has 1 aromatic heterocycles. The average molecular weight is 178 g/mol. The predicted octanol–water partition coefficient (Wildman–Crippen LogP) is 0.850. The maximum absolute atomic E-state index is 10.7. The molecule has 0 aromatic carbocycles. The zero-order chi connectivity index (χ0) is 9.68. The smallest absolute Gasteiger partial charge is 0.330 e. The van der Waals surface area contributed by atoms with Crippen LogP contribution in [-0.4, -0.2) is 18.1 Å². The van der Waals surface area contributed by atoms with E-state index in [4.69, 9.17) is 5.73 Å². The number of carbonyl (C=O) groups is 1. The number of hydrogen-bond acceptors (Lipinski definition) is 4. The number of nitrogen functional groups attached to an aromatic ring is 1. The van der Waals surface area contributed by atoms with E-state index in [0.717, 1.165) is 5.56 Å². The molecule has 0 atom stereocenters. The van der Waals surface area contributed by atoms with Gasteiger partial charge >= 0.3 is 5.97 Å². The molecular formula is C9H10N2O2. The monoisotopic (exact) mass is 178 g/mol. The Kier molecular flexibility index (Phi) is 3.03. The van der Waals surface area contributed by atoms with Crippen LogP contribution >= 0.6 is 0 Å². The fraction of sp³-hybridized carbons (Fsp3) is 0.111. The Balaban J connectivity index is 2.80. The van der Waals surface area contributed by atoms with Gasteiger partial charge in [-0.15, -0.1) is 0 Å². The minimum atomic E-state index is -0.406. The highest BCUT2D eigenvalue weighted by Crippen LogP contribution is 2.10. The molecule has 0 aliphatic heterocycles. The summed E-state index contributed by atoms with van der Waals surface area (Å²) in [7, 11) is 1.32. The topological polar surface area (TPSA) is 65.2 Å². The summed E-state index contributed by atoms with van der Waals surface area (Å²) in [6, 6.07) is 1.72. The molecule has 0 bridgehead atoms. The van der Waals surface area contributed by atoms with Crippen molar-refractivity contribution in [2.45, 2.75) is 0 Å². The van der Waals surface area contributed by atoms with Crippen molar-refractivity contribution in [1.82, 2.24) is 4.98 Å². The Labute approximate surface area is 76.0 Å². The second-order valence-corrected chi connectivity index (χ2v) is 2.36. The largest absolute Gasteiger partial charge is 0.466 e. The number of nitrogens with zero attached hydrogens (tertiary/aromatic N) is 1. The van der Waals surface area contributed by atoms with Crippen molar-refractivity contribution in [2.24, 2.45) is 0 Å². The van der Waals surface area contributed by atoms with Crippen LogP contribution in [-0.2, 0) is 9.53 Å². The highest BCUT2D eigenvalue weighted by Gasteiger charge is 1.95. The Morgan fingerprint density at radius 3 is 3.08 bits per heavy atom. The van der Waals surface area contributed by atoms with Gasteiger partial charge in [0.1, 0.15) is 0 Å². The highest BCUT2D eigenvalue weighted by atomic mass is 16.5.